The summed E-state index contributed by atoms with van der Waals surface area (Å²) in [6.07, 6.45) is 1.91. The van der Waals surface area contributed by atoms with Crippen LogP contribution >= 0.6 is 0 Å². The molecule has 2 rings (SSSR count). The van der Waals surface area contributed by atoms with E-state index in [4.69, 9.17) is 9.47 Å². The highest BCUT2D eigenvalue weighted by Gasteiger charge is 2.38. The summed E-state index contributed by atoms with van der Waals surface area (Å²) >= 11 is 0. The number of carbonyl (C=O) groups excluding carboxylic acids is 3. The zero-order chi connectivity index (χ0) is 30.0. The summed E-state index contributed by atoms with van der Waals surface area (Å²) in [5.74, 6) is -0.220. The molecule has 0 aliphatic heterocycles. The van der Waals surface area contributed by atoms with Crippen molar-refractivity contribution in [3.63, 3.8) is 0 Å². The number of amides is 3. The van der Waals surface area contributed by atoms with Crippen LogP contribution in [-0.4, -0.2) is 48.1 Å². The zero-order valence-corrected chi connectivity index (χ0v) is 25.6. The zero-order valence-electron chi connectivity index (χ0n) is 25.6. The van der Waals surface area contributed by atoms with Gasteiger partial charge in [0.15, 0.2) is 0 Å². The molecule has 2 unspecified atom stereocenters. The van der Waals surface area contributed by atoms with Crippen LogP contribution in [0.1, 0.15) is 83.5 Å². The Hall–Kier alpha value is -3.55. The van der Waals surface area contributed by atoms with Crippen LogP contribution in [-0.2, 0) is 14.3 Å². The van der Waals surface area contributed by atoms with E-state index in [1.165, 1.54) is 0 Å². The second-order valence-electron chi connectivity index (χ2n) is 11.6. The van der Waals surface area contributed by atoms with E-state index in [-0.39, 0.29) is 17.7 Å². The van der Waals surface area contributed by atoms with Crippen molar-refractivity contribution in [2.75, 3.05) is 19.0 Å². The molecule has 0 aromatic heterocycles. The van der Waals surface area contributed by atoms with Gasteiger partial charge in [-0.05, 0) is 82.3 Å². The van der Waals surface area contributed by atoms with Crippen LogP contribution in [0.5, 0.6) is 5.75 Å². The number of methoxy groups -OCH3 is 1. The molecule has 0 saturated carbocycles. The maximum absolute atomic E-state index is 14.3. The molecule has 2 aromatic carbocycles. The van der Waals surface area contributed by atoms with Crippen LogP contribution in [0.15, 0.2) is 42.5 Å². The van der Waals surface area contributed by atoms with E-state index in [1.54, 1.807) is 57.0 Å². The Bertz CT molecular complexity index is 1140. The number of nitrogens with one attached hydrogen (secondary N) is 2. The number of hydrogen-bond acceptors (Lipinski definition) is 5. The molecule has 3 amide bonds. The average Bonchev–Trinajstić information content (AvgIpc) is 2.87. The van der Waals surface area contributed by atoms with Crippen molar-refractivity contribution in [3.8, 4) is 5.75 Å². The third kappa shape index (κ3) is 9.57. The quantitative estimate of drug-likeness (QED) is 0.290. The van der Waals surface area contributed by atoms with Gasteiger partial charge in [0.2, 0.25) is 5.91 Å². The molecule has 2 N–H and O–H groups in total. The van der Waals surface area contributed by atoms with Gasteiger partial charge in [0.25, 0.3) is 5.91 Å². The highest BCUT2D eigenvalue weighted by molar-refractivity contribution is 5.99. The molecule has 40 heavy (non-hydrogen) atoms. The maximum atomic E-state index is 14.3. The fourth-order valence-electron chi connectivity index (χ4n) is 4.42. The molecule has 8 nitrogen and oxygen atoms in total. The fourth-order valence-corrected chi connectivity index (χ4v) is 4.42. The third-order valence-corrected chi connectivity index (χ3v) is 6.54. The van der Waals surface area contributed by atoms with Crippen molar-refractivity contribution >= 4 is 23.6 Å². The second kappa shape index (κ2) is 14.7. The maximum Gasteiger partial charge on any atom is 0.408 e. The predicted octanol–water partition coefficient (Wildman–Crippen LogP) is 6.56. The SMILES string of the molecule is CCCCCN(C(=O)C(NC(=O)OC(C)(C)C)C(C)C)C(C(=O)Nc1ccc(OC)cc1)c1cc(C)ccc1C. The number of alkyl carbamates (subject to hydrolysis) is 1. The monoisotopic (exact) mass is 553 g/mol. The van der Waals surface area contributed by atoms with Crippen molar-refractivity contribution < 1.29 is 23.9 Å². The third-order valence-electron chi connectivity index (χ3n) is 6.54. The molecule has 8 heteroatoms. The lowest BCUT2D eigenvalue weighted by atomic mass is 9.94. The summed E-state index contributed by atoms with van der Waals surface area (Å²) < 4.78 is 10.7. The second-order valence-corrected chi connectivity index (χ2v) is 11.6. The lowest BCUT2D eigenvalue weighted by molar-refractivity contribution is -0.141. The van der Waals surface area contributed by atoms with Gasteiger partial charge in [-0.1, -0.05) is 57.4 Å². The van der Waals surface area contributed by atoms with Crippen molar-refractivity contribution in [1.29, 1.82) is 0 Å². The lowest BCUT2D eigenvalue weighted by Crippen LogP contribution is -2.54. The Morgan fingerprint density at radius 1 is 0.975 bits per heavy atom. The van der Waals surface area contributed by atoms with Gasteiger partial charge in [-0.25, -0.2) is 4.79 Å². The van der Waals surface area contributed by atoms with Crippen molar-refractivity contribution in [2.24, 2.45) is 5.92 Å². The molecular formula is C32H47N3O5. The van der Waals surface area contributed by atoms with E-state index in [1.807, 2.05) is 45.9 Å². The van der Waals surface area contributed by atoms with E-state index in [9.17, 15) is 14.4 Å². The van der Waals surface area contributed by atoms with Gasteiger partial charge in [0.1, 0.15) is 23.4 Å². The molecule has 0 saturated heterocycles. The van der Waals surface area contributed by atoms with E-state index in [0.29, 0.717) is 18.0 Å². The van der Waals surface area contributed by atoms with E-state index in [2.05, 4.69) is 17.6 Å². The minimum atomic E-state index is -0.909. The van der Waals surface area contributed by atoms with Gasteiger partial charge in [-0.3, -0.25) is 9.59 Å². The van der Waals surface area contributed by atoms with Crippen LogP contribution in [0.4, 0.5) is 10.5 Å². The number of carbonyl (C=O) groups is 3. The number of ether oxygens (including phenoxy) is 2. The molecular weight excluding hydrogens is 506 g/mol. The molecule has 0 bridgehead atoms. The van der Waals surface area contributed by atoms with Crippen molar-refractivity contribution in [2.45, 2.75) is 92.3 Å². The molecule has 0 aliphatic rings. The molecule has 220 valence electrons. The minimum absolute atomic E-state index is 0.238. The van der Waals surface area contributed by atoms with E-state index < -0.39 is 23.8 Å². The minimum Gasteiger partial charge on any atom is -0.497 e. The molecule has 0 aliphatic carbocycles. The Kier molecular flexibility index (Phi) is 12.0. The summed E-state index contributed by atoms with van der Waals surface area (Å²) in [6, 6.07) is 11.2. The van der Waals surface area contributed by atoms with Gasteiger partial charge in [0, 0.05) is 12.2 Å². The summed E-state index contributed by atoms with van der Waals surface area (Å²) in [5.41, 5.74) is 2.51. The van der Waals surface area contributed by atoms with Crippen molar-refractivity contribution in [3.05, 3.63) is 59.2 Å². The number of nitrogens with zero attached hydrogens (tertiary/aromatic N) is 1. The number of unbranched alkanes of at least 4 members (excludes halogenated alkanes) is 2. The van der Waals surface area contributed by atoms with Crippen LogP contribution in [0.2, 0.25) is 0 Å². The normalized spacial score (nSPS) is 12.8. The summed E-state index contributed by atoms with van der Waals surface area (Å²) in [6.45, 7) is 15.4. The van der Waals surface area contributed by atoms with Crippen LogP contribution < -0.4 is 15.4 Å². The first-order chi connectivity index (χ1) is 18.8. The first-order valence-corrected chi connectivity index (χ1v) is 14.1. The van der Waals surface area contributed by atoms with E-state index in [0.717, 1.165) is 36.0 Å². The summed E-state index contributed by atoms with van der Waals surface area (Å²) in [7, 11) is 1.58. The van der Waals surface area contributed by atoms with Crippen LogP contribution in [0, 0.1) is 19.8 Å². The van der Waals surface area contributed by atoms with Gasteiger partial charge < -0.3 is 25.0 Å². The Labute approximate surface area is 239 Å². The van der Waals surface area contributed by atoms with Crippen molar-refractivity contribution in [1.82, 2.24) is 10.2 Å². The van der Waals surface area contributed by atoms with E-state index >= 15 is 0 Å². The predicted molar refractivity (Wildman–Crippen MR) is 160 cm³/mol. The molecule has 0 fully saturated rings. The summed E-state index contributed by atoms with van der Waals surface area (Å²) in [5, 5.41) is 5.78. The number of benzene rings is 2. The Balaban J connectivity index is 2.57. The van der Waals surface area contributed by atoms with Gasteiger partial charge in [-0.15, -0.1) is 0 Å². The number of anilines is 1. The topological polar surface area (TPSA) is 97.0 Å². The van der Waals surface area contributed by atoms with Gasteiger partial charge >= 0.3 is 6.09 Å². The first kappa shape index (κ1) is 32.7. The number of rotatable bonds is 12. The molecule has 0 spiro atoms. The largest absolute Gasteiger partial charge is 0.497 e. The Morgan fingerprint density at radius 2 is 1.62 bits per heavy atom. The standard InChI is InChI=1S/C32H47N3O5/c1-10-11-12-19-35(30(37)27(21(2)3)34-31(38)40-32(6,7)8)28(26-20-22(4)13-14-23(26)5)29(36)33-24-15-17-25(39-9)18-16-24/h13-18,20-21,27-28H,10-12,19H2,1-9H3,(H,33,36)(H,34,38). The fraction of sp³-hybridized carbons (Fsp3) is 0.531. The number of hydrogen-bond donors (Lipinski definition) is 2. The van der Waals surface area contributed by atoms with Gasteiger partial charge in [0.05, 0.1) is 7.11 Å². The van der Waals surface area contributed by atoms with Crippen LogP contribution in [0.3, 0.4) is 0 Å². The molecule has 0 heterocycles. The lowest BCUT2D eigenvalue weighted by Gasteiger charge is -2.36. The summed E-state index contributed by atoms with van der Waals surface area (Å²) in [4.78, 5) is 42.7. The first-order valence-electron chi connectivity index (χ1n) is 14.1. The Morgan fingerprint density at radius 3 is 2.17 bits per heavy atom. The molecule has 2 aromatic rings. The molecule has 0 radical (unpaired) electrons. The highest BCUT2D eigenvalue weighted by atomic mass is 16.6. The molecule has 2 atom stereocenters. The van der Waals surface area contributed by atoms with Gasteiger partial charge in [-0.2, -0.15) is 0 Å². The van der Waals surface area contributed by atoms with Crippen LogP contribution in [0.25, 0.3) is 0 Å². The highest BCUT2D eigenvalue weighted by Crippen LogP contribution is 2.29. The average molecular weight is 554 g/mol. The number of aryl methyl sites for hydroxylation is 2. The smallest absolute Gasteiger partial charge is 0.408 e.